The van der Waals surface area contributed by atoms with Gasteiger partial charge < -0.3 is 4.42 Å². The van der Waals surface area contributed by atoms with Gasteiger partial charge in [-0.15, -0.1) is 0 Å². The summed E-state index contributed by atoms with van der Waals surface area (Å²) in [6.45, 7) is 0. The van der Waals surface area contributed by atoms with Gasteiger partial charge in [-0.05, 0) is 71.8 Å². The number of fused-ring (bicyclic) bond motifs is 7. The smallest absolute Gasteiger partial charge is 0.238 e. The topological polar surface area (TPSA) is 74.6 Å². The van der Waals surface area contributed by atoms with Gasteiger partial charge in [0.05, 0.1) is 22.1 Å². The van der Waals surface area contributed by atoms with E-state index in [1.807, 2.05) is 36.4 Å². The zero-order valence-electron chi connectivity index (χ0n) is 31.6. The number of nitrogens with zero attached hydrogens (tertiary/aromatic N) is 6. The molecule has 8 aromatic carbocycles. The van der Waals surface area contributed by atoms with Crippen LogP contribution in [0.3, 0.4) is 0 Å². The van der Waals surface area contributed by atoms with Crippen LogP contribution < -0.4 is 0 Å². The summed E-state index contributed by atoms with van der Waals surface area (Å²) in [4.78, 5) is 21.0. The lowest BCUT2D eigenvalue weighted by Gasteiger charge is -2.12. The highest BCUT2D eigenvalue weighted by molar-refractivity contribution is 6.13. The summed E-state index contributed by atoms with van der Waals surface area (Å²) in [6, 6.07) is 66.7. The molecular formula is C52H32N6O. The standard InChI is InChI=1S/C52H32N6O/c1-3-14-33(15-4-1)34-26-28-35(29-27-34)49-54-50(56-52(55-49)58-43-22-10-7-18-38(43)39-19-8-11-23-44(39)58)40-20-13-25-47-48(40)41-32-36(30-31-46(41)59-47)51-53-42-21-9-12-24-45(42)57(51)37-16-5-2-6-17-37/h1-32H. The Morgan fingerprint density at radius 1 is 0.373 bits per heavy atom. The summed E-state index contributed by atoms with van der Waals surface area (Å²) in [5.74, 6) is 2.51. The van der Waals surface area contributed by atoms with Crippen molar-refractivity contribution in [3.8, 4) is 56.9 Å². The molecule has 0 spiro atoms. The molecule has 0 saturated heterocycles. The molecule has 0 aliphatic carbocycles. The van der Waals surface area contributed by atoms with Crippen molar-refractivity contribution >= 4 is 54.8 Å². The van der Waals surface area contributed by atoms with Crippen LogP contribution in [-0.2, 0) is 0 Å². The normalized spacial score (nSPS) is 11.7. The lowest BCUT2D eigenvalue weighted by atomic mass is 10.0. The van der Waals surface area contributed by atoms with E-state index >= 15 is 0 Å². The summed E-state index contributed by atoms with van der Waals surface area (Å²) in [6.07, 6.45) is 0. The molecule has 4 heterocycles. The SMILES string of the molecule is c1ccc(-c2ccc(-c3nc(-c4cccc5oc6ccc(-c7nc8ccccc8n7-c7ccccc7)cc6c45)nc(-n4c5ccccc5c5ccccc54)n3)cc2)cc1. The molecule has 0 bridgehead atoms. The minimum absolute atomic E-state index is 0.539. The fourth-order valence-electron chi connectivity index (χ4n) is 8.50. The summed E-state index contributed by atoms with van der Waals surface area (Å²) in [7, 11) is 0. The van der Waals surface area contributed by atoms with Crippen LogP contribution in [0.5, 0.6) is 0 Å². The molecule has 4 aromatic heterocycles. The molecule has 12 aromatic rings. The van der Waals surface area contributed by atoms with E-state index in [2.05, 4.69) is 167 Å². The summed E-state index contributed by atoms with van der Waals surface area (Å²) in [5, 5.41) is 4.15. The van der Waals surface area contributed by atoms with Crippen LogP contribution in [0.15, 0.2) is 199 Å². The maximum absolute atomic E-state index is 6.56. The minimum Gasteiger partial charge on any atom is -0.456 e. The highest BCUT2D eigenvalue weighted by atomic mass is 16.3. The molecule has 0 aliphatic rings. The molecule has 0 unspecified atom stereocenters. The van der Waals surface area contributed by atoms with Crippen molar-refractivity contribution in [1.29, 1.82) is 0 Å². The molecule has 0 saturated carbocycles. The maximum Gasteiger partial charge on any atom is 0.238 e. The predicted octanol–water partition coefficient (Wildman–Crippen LogP) is 12.9. The third-order valence-corrected chi connectivity index (χ3v) is 11.2. The van der Waals surface area contributed by atoms with Crippen molar-refractivity contribution in [1.82, 2.24) is 29.1 Å². The first-order valence-electron chi connectivity index (χ1n) is 19.6. The second kappa shape index (κ2) is 13.2. The van der Waals surface area contributed by atoms with Gasteiger partial charge in [-0.2, -0.15) is 9.97 Å². The van der Waals surface area contributed by atoms with E-state index in [1.165, 1.54) is 0 Å². The van der Waals surface area contributed by atoms with Gasteiger partial charge in [-0.3, -0.25) is 9.13 Å². The fraction of sp³-hybridized carbons (Fsp3) is 0. The number of imidazole rings is 1. The number of hydrogen-bond donors (Lipinski definition) is 0. The molecular weight excluding hydrogens is 725 g/mol. The largest absolute Gasteiger partial charge is 0.456 e. The maximum atomic E-state index is 6.56. The lowest BCUT2D eigenvalue weighted by Crippen LogP contribution is -2.06. The number of aromatic nitrogens is 6. The molecule has 0 fully saturated rings. The number of para-hydroxylation sites is 5. The van der Waals surface area contributed by atoms with Crippen LogP contribution in [0.1, 0.15) is 0 Å². The first kappa shape index (κ1) is 33.0. The lowest BCUT2D eigenvalue weighted by molar-refractivity contribution is 0.669. The van der Waals surface area contributed by atoms with E-state index in [1.54, 1.807) is 0 Å². The van der Waals surface area contributed by atoms with E-state index in [-0.39, 0.29) is 0 Å². The molecule has 7 heteroatoms. The van der Waals surface area contributed by atoms with Crippen molar-refractivity contribution in [3.63, 3.8) is 0 Å². The van der Waals surface area contributed by atoms with Gasteiger partial charge in [-0.1, -0.05) is 133 Å². The zero-order valence-corrected chi connectivity index (χ0v) is 31.6. The Kier molecular flexibility index (Phi) is 7.40. The second-order valence-electron chi connectivity index (χ2n) is 14.7. The summed E-state index contributed by atoms with van der Waals surface area (Å²) in [5.41, 5.74) is 11.6. The van der Waals surface area contributed by atoms with Crippen molar-refractivity contribution in [2.24, 2.45) is 0 Å². The van der Waals surface area contributed by atoms with Crippen LogP contribution in [0, 0.1) is 0 Å². The molecule has 0 atom stereocenters. The third-order valence-electron chi connectivity index (χ3n) is 11.2. The predicted molar refractivity (Wildman–Crippen MR) is 238 cm³/mol. The van der Waals surface area contributed by atoms with Gasteiger partial charge in [0, 0.05) is 43.9 Å². The second-order valence-corrected chi connectivity index (χ2v) is 14.7. The van der Waals surface area contributed by atoms with Gasteiger partial charge in [0.25, 0.3) is 0 Å². The Morgan fingerprint density at radius 2 is 0.983 bits per heavy atom. The molecule has 0 amide bonds. The van der Waals surface area contributed by atoms with Gasteiger partial charge in [0.1, 0.15) is 17.0 Å². The molecule has 0 aliphatic heterocycles. The van der Waals surface area contributed by atoms with E-state index in [4.69, 9.17) is 24.4 Å². The molecule has 12 rings (SSSR count). The number of rotatable bonds is 6. The highest BCUT2D eigenvalue weighted by Crippen LogP contribution is 2.40. The highest BCUT2D eigenvalue weighted by Gasteiger charge is 2.22. The van der Waals surface area contributed by atoms with E-state index in [0.29, 0.717) is 17.6 Å². The molecule has 59 heavy (non-hydrogen) atoms. The monoisotopic (exact) mass is 756 g/mol. The Balaban J connectivity index is 1.09. The number of benzene rings is 8. The third kappa shape index (κ3) is 5.36. The van der Waals surface area contributed by atoms with Crippen molar-refractivity contribution in [3.05, 3.63) is 194 Å². The van der Waals surface area contributed by atoms with Gasteiger partial charge in [0.2, 0.25) is 5.95 Å². The first-order valence-corrected chi connectivity index (χ1v) is 19.6. The van der Waals surface area contributed by atoms with Gasteiger partial charge in [0.15, 0.2) is 11.6 Å². The van der Waals surface area contributed by atoms with E-state index in [9.17, 15) is 0 Å². The summed E-state index contributed by atoms with van der Waals surface area (Å²) < 4.78 is 10.9. The minimum atomic E-state index is 0.539. The quantitative estimate of drug-likeness (QED) is 0.169. The van der Waals surface area contributed by atoms with Crippen LogP contribution in [0.2, 0.25) is 0 Å². The number of hydrogen-bond acceptors (Lipinski definition) is 5. The van der Waals surface area contributed by atoms with Gasteiger partial charge >= 0.3 is 0 Å². The average Bonchev–Trinajstić information content (AvgIpc) is 3.99. The van der Waals surface area contributed by atoms with Crippen molar-refractivity contribution < 1.29 is 4.42 Å². The molecule has 276 valence electrons. The van der Waals surface area contributed by atoms with Crippen LogP contribution >= 0.6 is 0 Å². The Labute approximate surface area is 338 Å². The van der Waals surface area contributed by atoms with E-state index in [0.717, 1.165) is 94.1 Å². The van der Waals surface area contributed by atoms with Gasteiger partial charge in [-0.25, -0.2) is 9.97 Å². The molecule has 0 radical (unpaired) electrons. The number of furan rings is 1. The Hall–Kier alpha value is -8.16. The zero-order chi connectivity index (χ0) is 38.9. The molecule has 7 nitrogen and oxygen atoms in total. The Bertz CT molecular complexity index is 3490. The fourth-order valence-corrected chi connectivity index (χ4v) is 8.50. The van der Waals surface area contributed by atoms with Crippen LogP contribution in [0.4, 0.5) is 0 Å². The molecule has 0 N–H and O–H groups in total. The van der Waals surface area contributed by atoms with Crippen LogP contribution in [-0.4, -0.2) is 29.1 Å². The Morgan fingerprint density at radius 3 is 1.75 bits per heavy atom. The summed E-state index contributed by atoms with van der Waals surface area (Å²) >= 11 is 0. The van der Waals surface area contributed by atoms with Crippen molar-refractivity contribution in [2.45, 2.75) is 0 Å². The van der Waals surface area contributed by atoms with Crippen LogP contribution in [0.25, 0.3) is 112 Å². The average molecular weight is 757 g/mol. The van der Waals surface area contributed by atoms with Crippen molar-refractivity contribution in [2.75, 3.05) is 0 Å². The first-order chi connectivity index (χ1) is 29.2. The van der Waals surface area contributed by atoms with E-state index < -0.39 is 0 Å².